The summed E-state index contributed by atoms with van der Waals surface area (Å²) in [5, 5.41) is -5.33. The number of halogens is 5. The predicted octanol–water partition coefficient (Wildman–Crippen LogP) is 0.997. The van der Waals surface area contributed by atoms with Gasteiger partial charge in [0.05, 0.1) is 0 Å². The van der Waals surface area contributed by atoms with E-state index in [0.29, 0.717) is 4.90 Å². The minimum absolute atomic E-state index is 0.196. The highest BCUT2D eigenvalue weighted by atomic mass is 32.2. The molecule has 0 bridgehead atoms. The Labute approximate surface area is 145 Å². The molecule has 1 amide bonds. The molecule has 0 heterocycles. The van der Waals surface area contributed by atoms with Gasteiger partial charge < -0.3 is 18.9 Å². The summed E-state index contributed by atoms with van der Waals surface area (Å²) in [5.74, 6) is -8.56. The third-order valence-corrected chi connectivity index (χ3v) is 3.77. The Kier molecular flexibility index (Phi) is 7.69. The van der Waals surface area contributed by atoms with E-state index in [0.717, 1.165) is 0 Å². The lowest BCUT2D eigenvalue weighted by Crippen LogP contribution is -2.63. The number of hydrogen-bond donors (Lipinski definition) is 0. The van der Waals surface area contributed by atoms with Crippen LogP contribution in [0.3, 0.4) is 0 Å². The van der Waals surface area contributed by atoms with Gasteiger partial charge >= 0.3 is 29.1 Å². The second kappa shape index (κ2) is 8.26. The molecule has 1 unspecified atom stereocenters. The van der Waals surface area contributed by atoms with E-state index in [4.69, 9.17) is 0 Å². The Hall–Kier alpha value is -1.80. The van der Waals surface area contributed by atoms with Gasteiger partial charge in [0.25, 0.3) is 0 Å². The van der Waals surface area contributed by atoms with E-state index >= 15 is 0 Å². The van der Waals surface area contributed by atoms with Crippen molar-refractivity contribution in [2.24, 2.45) is 0 Å². The normalized spacial score (nSPS) is 15.1. The Bertz CT molecular complexity index is 645. The molecule has 0 aliphatic heterocycles. The fourth-order valence-corrected chi connectivity index (χ4v) is 1.76. The van der Waals surface area contributed by atoms with E-state index in [-0.39, 0.29) is 19.2 Å². The van der Waals surface area contributed by atoms with Crippen LogP contribution in [-0.2, 0) is 29.2 Å². The molecular weight excluding hydrogens is 397 g/mol. The highest BCUT2D eigenvalue weighted by molar-refractivity contribution is 7.86. The van der Waals surface area contributed by atoms with Gasteiger partial charge in [0.2, 0.25) is 0 Å². The summed E-state index contributed by atoms with van der Waals surface area (Å²) in [7, 11) is -6.42. The highest BCUT2D eigenvalue weighted by Crippen LogP contribution is 2.38. The third-order valence-electron chi connectivity index (χ3n) is 2.93. The molecule has 0 spiro atoms. The van der Waals surface area contributed by atoms with E-state index in [2.05, 4.69) is 16.1 Å². The molecule has 1 atom stereocenters. The van der Waals surface area contributed by atoms with E-state index in [1.54, 1.807) is 0 Å². The Balaban J connectivity index is 6.25. The van der Waals surface area contributed by atoms with Crippen molar-refractivity contribution in [2.75, 3.05) is 19.7 Å². The molecule has 26 heavy (non-hydrogen) atoms. The van der Waals surface area contributed by atoms with E-state index in [1.807, 2.05) is 0 Å². The lowest BCUT2D eigenvalue weighted by atomic mass is 10.2. The van der Waals surface area contributed by atoms with Crippen LogP contribution in [0.5, 0.6) is 0 Å². The van der Waals surface area contributed by atoms with Crippen LogP contribution in [-0.4, -0.2) is 66.7 Å². The first-order valence-corrected chi connectivity index (χ1v) is 8.19. The van der Waals surface area contributed by atoms with Crippen LogP contribution in [0.15, 0.2) is 12.7 Å². The zero-order valence-electron chi connectivity index (χ0n) is 13.5. The molecule has 152 valence electrons. The first-order chi connectivity index (χ1) is 11.6. The minimum atomic E-state index is -6.42. The largest absolute Gasteiger partial charge is 0.743 e. The number of ether oxygens (including phenoxy) is 2. The Morgan fingerprint density at radius 1 is 1.15 bits per heavy atom. The summed E-state index contributed by atoms with van der Waals surface area (Å²) in [6.07, 6.45) is -5.70. The summed E-state index contributed by atoms with van der Waals surface area (Å²) in [5.41, 5.74) is 0. The van der Waals surface area contributed by atoms with Crippen molar-refractivity contribution in [1.29, 1.82) is 0 Å². The molecule has 0 rings (SSSR count). The number of carbonyl (C=O) groups excluding carboxylic acids is 2. The van der Waals surface area contributed by atoms with Crippen molar-refractivity contribution in [1.82, 2.24) is 4.90 Å². The lowest BCUT2D eigenvalue weighted by Gasteiger charge is -2.37. The van der Waals surface area contributed by atoms with Crippen molar-refractivity contribution in [3.8, 4) is 0 Å². The molecule has 0 N–H and O–H groups in total. The van der Waals surface area contributed by atoms with E-state index in [9.17, 15) is 44.5 Å². The fourth-order valence-electron chi connectivity index (χ4n) is 1.56. The van der Waals surface area contributed by atoms with Crippen molar-refractivity contribution in [3.63, 3.8) is 0 Å². The summed E-state index contributed by atoms with van der Waals surface area (Å²) >= 11 is 0. The average molecular weight is 412 g/mol. The van der Waals surface area contributed by atoms with Gasteiger partial charge in [-0.2, -0.15) is 22.0 Å². The van der Waals surface area contributed by atoms with Crippen LogP contribution in [0.25, 0.3) is 0 Å². The highest BCUT2D eigenvalue weighted by Gasteiger charge is 2.68. The second-order valence-electron chi connectivity index (χ2n) is 4.60. The van der Waals surface area contributed by atoms with Gasteiger partial charge in [0.1, 0.15) is 6.61 Å². The van der Waals surface area contributed by atoms with Crippen LogP contribution >= 0.6 is 0 Å². The SMILES string of the molecule is C=CC(=O)OC(OCC(F)(F)S(=O)(=O)[O-])(C(=O)N(CC)CC)C(F)(F)F. The smallest absolute Gasteiger partial charge is 0.466 e. The summed E-state index contributed by atoms with van der Waals surface area (Å²) in [6.45, 7) is 1.85. The maximum Gasteiger partial charge on any atom is 0.466 e. The molecule has 0 aromatic heterocycles. The summed E-state index contributed by atoms with van der Waals surface area (Å²) in [6, 6.07) is 0. The number of hydrogen-bond acceptors (Lipinski definition) is 7. The van der Waals surface area contributed by atoms with E-state index < -0.39 is 45.8 Å². The zero-order valence-corrected chi connectivity index (χ0v) is 14.3. The molecule has 0 saturated carbocycles. The van der Waals surface area contributed by atoms with Crippen molar-refractivity contribution in [3.05, 3.63) is 12.7 Å². The first-order valence-electron chi connectivity index (χ1n) is 6.78. The molecule has 0 saturated heterocycles. The van der Waals surface area contributed by atoms with Gasteiger partial charge in [0.15, 0.2) is 10.1 Å². The van der Waals surface area contributed by atoms with Crippen molar-refractivity contribution < 1.29 is 54.0 Å². The lowest BCUT2D eigenvalue weighted by molar-refractivity contribution is -0.355. The quantitative estimate of drug-likeness (QED) is 0.183. The number of alkyl halides is 5. The van der Waals surface area contributed by atoms with Gasteiger partial charge in [-0.1, -0.05) is 6.58 Å². The Morgan fingerprint density at radius 2 is 1.62 bits per heavy atom. The molecule has 0 aromatic rings. The van der Waals surface area contributed by atoms with Gasteiger partial charge in [-0.15, -0.1) is 0 Å². The molecule has 0 fully saturated rings. The monoisotopic (exact) mass is 412 g/mol. The number of esters is 1. The van der Waals surface area contributed by atoms with E-state index in [1.165, 1.54) is 13.8 Å². The number of rotatable bonds is 9. The number of carbonyl (C=O) groups is 2. The fraction of sp³-hybridized carbons (Fsp3) is 0.667. The maximum atomic E-state index is 13.5. The van der Waals surface area contributed by atoms with Crippen LogP contribution in [0, 0.1) is 0 Å². The van der Waals surface area contributed by atoms with Gasteiger partial charge in [-0.05, 0) is 13.8 Å². The molecule has 0 aromatic carbocycles. The van der Waals surface area contributed by atoms with Crippen LogP contribution in [0.2, 0.25) is 0 Å². The third kappa shape index (κ3) is 5.11. The Morgan fingerprint density at radius 3 is 1.92 bits per heavy atom. The van der Waals surface area contributed by atoms with Gasteiger partial charge in [-0.25, -0.2) is 13.2 Å². The standard InChI is InChI=1S/C12H16F5NO7S/c1-4-8(19)25-11(12(15,16)17,9(20)18(5-2)6-3)24-7-10(13,14)26(21,22)23/h4H,1,5-7H2,2-3H3,(H,21,22,23)/p-1. The second-order valence-corrected chi connectivity index (χ2v) is 6.10. The number of amides is 1. The average Bonchev–Trinajstić information content (AvgIpc) is 2.49. The number of likely N-dealkylation sites (N-methyl/N-ethyl adjacent to an activating group) is 1. The minimum Gasteiger partial charge on any atom is -0.743 e. The maximum absolute atomic E-state index is 13.5. The molecule has 0 radical (unpaired) electrons. The first kappa shape index (κ1) is 24.2. The molecule has 8 nitrogen and oxygen atoms in total. The summed E-state index contributed by atoms with van der Waals surface area (Å²) < 4.78 is 106. The topological polar surface area (TPSA) is 113 Å². The van der Waals surface area contributed by atoms with Crippen molar-refractivity contribution in [2.45, 2.75) is 31.1 Å². The molecule has 0 aliphatic rings. The van der Waals surface area contributed by atoms with Crippen LogP contribution < -0.4 is 0 Å². The molecule has 0 aliphatic carbocycles. The predicted molar refractivity (Wildman–Crippen MR) is 73.6 cm³/mol. The molecular formula is C12H15F5NO7S-. The molecule has 14 heteroatoms. The van der Waals surface area contributed by atoms with Crippen LogP contribution in [0.1, 0.15) is 13.8 Å². The van der Waals surface area contributed by atoms with Gasteiger partial charge in [-0.3, -0.25) is 4.79 Å². The van der Waals surface area contributed by atoms with Gasteiger partial charge in [0, 0.05) is 19.2 Å². The summed E-state index contributed by atoms with van der Waals surface area (Å²) in [4.78, 5) is 23.9. The van der Waals surface area contributed by atoms with Crippen molar-refractivity contribution >= 4 is 22.0 Å². The number of nitrogens with zero attached hydrogens (tertiary/aromatic N) is 1. The van der Waals surface area contributed by atoms with Crippen LogP contribution in [0.4, 0.5) is 22.0 Å². The zero-order chi connectivity index (χ0) is 21.0.